The molecule has 1 aromatic heterocycles. The Hall–Kier alpha value is -2.37. The molecule has 6 nitrogen and oxygen atoms in total. The molecule has 0 unspecified atom stereocenters. The Balaban J connectivity index is 1.57. The van der Waals surface area contributed by atoms with Crippen molar-refractivity contribution < 1.29 is 0 Å². The molecule has 2 aliphatic rings. The van der Waals surface area contributed by atoms with Crippen LogP contribution in [0.4, 0.5) is 0 Å². The Bertz CT molecular complexity index is 877. The average molecular weight is 381 g/mol. The van der Waals surface area contributed by atoms with Gasteiger partial charge in [0.05, 0.1) is 11.2 Å². The molecule has 1 saturated carbocycles. The molecule has 1 aromatic carbocycles. The van der Waals surface area contributed by atoms with Crippen molar-refractivity contribution in [1.82, 2.24) is 19.9 Å². The number of piperidine rings is 1. The minimum atomic E-state index is 0.548. The molecule has 150 valence electrons. The highest BCUT2D eigenvalue weighted by Gasteiger charge is 2.37. The lowest BCUT2D eigenvalue weighted by Crippen LogP contribution is -2.42. The number of allylic oxidation sites excluding steroid dienone is 1. The third kappa shape index (κ3) is 3.64. The predicted molar refractivity (Wildman–Crippen MR) is 115 cm³/mol. The summed E-state index contributed by atoms with van der Waals surface area (Å²) in [5, 5.41) is 8.44. The normalized spacial score (nSPS) is 20.8. The number of aliphatic imine (C=N–C) groups is 1. The summed E-state index contributed by atoms with van der Waals surface area (Å²) in [6.07, 6.45) is 10.4. The van der Waals surface area contributed by atoms with E-state index in [0.29, 0.717) is 11.2 Å². The van der Waals surface area contributed by atoms with Gasteiger partial charge in [-0.25, -0.2) is 4.99 Å². The van der Waals surface area contributed by atoms with Gasteiger partial charge in [0.25, 0.3) is 0 Å². The molecule has 2 heterocycles. The maximum Gasteiger partial charge on any atom is 0.148 e. The molecule has 2 fully saturated rings. The molecule has 1 aliphatic heterocycles. The second kappa shape index (κ2) is 7.94. The van der Waals surface area contributed by atoms with Crippen molar-refractivity contribution in [2.24, 2.45) is 16.1 Å². The van der Waals surface area contributed by atoms with E-state index in [1.54, 1.807) is 4.68 Å². The molecule has 0 radical (unpaired) electrons. The molecule has 0 amide bonds. The molecule has 0 atom stereocenters. The quantitative estimate of drug-likeness (QED) is 0.631. The molecule has 1 saturated heterocycles. The summed E-state index contributed by atoms with van der Waals surface area (Å²) in [6.45, 7) is 6.44. The van der Waals surface area contributed by atoms with Crippen molar-refractivity contribution in [2.45, 2.75) is 65.2 Å². The zero-order valence-corrected chi connectivity index (χ0v) is 17.2. The van der Waals surface area contributed by atoms with Crippen LogP contribution in [0.1, 0.15) is 65.2 Å². The SMILES string of the molecule is CCCC(=N/C(C)=C(\N)n1nnc2ccccc21)N1CCC2(CCCC2)CC1. The predicted octanol–water partition coefficient (Wildman–Crippen LogP) is 4.39. The van der Waals surface area contributed by atoms with Crippen LogP contribution in [-0.2, 0) is 0 Å². The second-order valence-electron chi connectivity index (χ2n) is 8.43. The lowest BCUT2D eigenvalue weighted by atomic mass is 9.77. The third-order valence-corrected chi connectivity index (χ3v) is 6.57. The average Bonchev–Trinajstić information content (AvgIpc) is 3.35. The van der Waals surface area contributed by atoms with Crippen LogP contribution in [0, 0.1) is 5.41 Å². The van der Waals surface area contributed by atoms with Crippen LogP contribution in [0.2, 0.25) is 0 Å². The van der Waals surface area contributed by atoms with Crippen LogP contribution < -0.4 is 5.73 Å². The Kier molecular flexibility index (Phi) is 5.38. The van der Waals surface area contributed by atoms with E-state index in [1.165, 1.54) is 44.4 Å². The zero-order valence-electron chi connectivity index (χ0n) is 17.2. The summed E-state index contributed by atoms with van der Waals surface area (Å²) < 4.78 is 1.70. The highest BCUT2D eigenvalue weighted by Crippen LogP contribution is 2.46. The number of para-hydroxylation sites is 1. The van der Waals surface area contributed by atoms with E-state index in [-0.39, 0.29) is 0 Å². The fourth-order valence-corrected chi connectivity index (χ4v) is 4.82. The maximum atomic E-state index is 6.43. The topological polar surface area (TPSA) is 72.3 Å². The number of hydrogen-bond donors (Lipinski definition) is 1. The fourth-order valence-electron chi connectivity index (χ4n) is 4.82. The number of rotatable bonds is 4. The first-order chi connectivity index (χ1) is 13.6. The minimum Gasteiger partial charge on any atom is -0.382 e. The van der Waals surface area contributed by atoms with Gasteiger partial charge in [-0.2, -0.15) is 4.68 Å². The first kappa shape index (κ1) is 19.0. The fraction of sp³-hybridized carbons (Fsp3) is 0.591. The number of amidine groups is 1. The maximum absolute atomic E-state index is 6.43. The number of hydrogen-bond acceptors (Lipinski definition) is 4. The standard InChI is InChI=1S/C22H32N6/c1-3-8-20(27-15-13-22(14-16-27)11-6-7-12-22)24-17(2)21(23)28-19-10-5-4-9-18(19)25-26-28/h4-5,9-10H,3,6-8,11-16,23H2,1-2H3/b21-17+,24-20?. The third-order valence-electron chi connectivity index (χ3n) is 6.57. The number of nitrogens with two attached hydrogens (primary N) is 1. The van der Waals surface area contributed by atoms with Gasteiger partial charge in [0.15, 0.2) is 0 Å². The van der Waals surface area contributed by atoms with E-state index in [0.717, 1.165) is 42.7 Å². The van der Waals surface area contributed by atoms with Crippen molar-refractivity contribution in [3.63, 3.8) is 0 Å². The highest BCUT2D eigenvalue weighted by atomic mass is 15.5. The molecule has 1 spiro atoms. The van der Waals surface area contributed by atoms with Crippen LogP contribution in [0.25, 0.3) is 16.9 Å². The molecule has 2 aromatic rings. The molecular formula is C22H32N6. The second-order valence-corrected chi connectivity index (χ2v) is 8.43. The summed E-state index contributed by atoms with van der Waals surface area (Å²) in [5.74, 6) is 1.71. The van der Waals surface area contributed by atoms with Crippen molar-refractivity contribution in [1.29, 1.82) is 0 Å². The lowest BCUT2D eigenvalue weighted by molar-refractivity contribution is 0.152. The Labute approximate surface area is 167 Å². The highest BCUT2D eigenvalue weighted by molar-refractivity contribution is 5.84. The summed E-state index contributed by atoms with van der Waals surface area (Å²) in [5.41, 5.74) is 9.61. The molecule has 6 heteroatoms. The smallest absolute Gasteiger partial charge is 0.148 e. The number of nitrogens with zero attached hydrogens (tertiary/aromatic N) is 5. The van der Waals surface area contributed by atoms with Gasteiger partial charge in [0, 0.05) is 19.5 Å². The Morgan fingerprint density at radius 3 is 2.57 bits per heavy atom. The number of benzene rings is 1. The summed E-state index contributed by atoms with van der Waals surface area (Å²) in [6, 6.07) is 7.86. The van der Waals surface area contributed by atoms with Gasteiger partial charge in [-0.1, -0.05) is 37.1 Å². The summed E-state index contributed by atoms with van der Waals surface area (Å²) in [7, 11) is 0. The number of fused-ring (bicyclic) bond motifs is 1. The first-order valence-corrected chi connectivity index (χ1v) is 10.7. The molecule has 4 rings (SSSR count). The van der Waals surface area contributed by atoms with Crippen LogP contribution in [0.3, 0.4) is 0 Å². The van der Waals surface area contributed by atoms with Gasteiger partial charge in [-0.05, 0) is 56.6 Å². The molecule has 28 heavy (non-hydrogen) atoms. The number of aromatic nitrogens is 3. The van der Waals surface area contributed by atoms with E-state index in [9.17, 15) is 0 Å². The van der Waals surface area contributed by atoms with Crippen molar-refractivity contribution in [3.05, 3.63) is 30.0 Å². The monoisotopic (exact) mass is 380 g/mol. The Morgan fingerprint density at radius 1 is 1.14 bits per heavy atom. The summed E-state index contributed by atoms with van der Waals surface area (Å²) >= 11 is 0. The van der Waals surface area contributed by atoms with Crippen molar-refractivity contribution in [2.75, 3.05) is 13.1 Å². The molecule has 2 N–H and O–H groups in total. The van der Waals surface area contributed by atoms with Crippen LogP contribution in [0.15, 0.2) is 35.0 Å². The lowest BCUT2D eigenvalue weighted by Gasteiger charge is -2.41. The van der Waals surface area contributed by atoms with Gasteiger partial charge < -0.3 is 10.6 Å². The minimum absolute atomic E-state index is 0.548. The van der Waals surface area contributed by atoms with E-state index >= 15 is 0 Å². The van der Waals surface area contributed by atoms with Crippen LogP contribution >= 0.6 is 0 Å². The Morgan fingerprint density at radius 2 is 1.86 bits per heavy atom. The van der Waals surface area contributed by atoms with Gasteiger partial charge in [0.2, 0.25) is 0 Å². The molecule has 0 bridgehead atoms. The van der Waals surface area contributed by atoms with Crippen LogP contribution in [-0.4, -0.2) is 38.8 Å². The molecular weight excluding hydrogens is 348 g/mol. The van der Waals surface area contributed by atoms with E-state index in [2.05, 4.69) is 22.1 Å². The summed E-state index contributed by atoms with van der Waals surface area (Å²) in [4.78, 5) is 7.47. The van der Waals surface area contributed by atoms with Gasteiger partial charge in [-0.3, -0.25) is 0 Å². The van der Waals surface area contributed by atoms with Crippen LogP contribution in [0.5, 0.6) is 0 Å². The van der Waals surface area contributed by atoms with E-state index < -0.39 is 0 Å². The zero-order chi connectivity index (χ0) is 19.6. The largest absolute Gasteiger partial charge is 0.382 e. The van der Waals surface area contributed by atoms with Crippen molar-refractivity contribution in [3.8, 4) is 0 Å². The van der Waals surface area contributed by atoms with E-state index in [4.69, 9.17) is 10.7 Å². The van der Waals surface area contributed by atoms with Gasteiger partial charge in [-0.15, -0.1) is 5.10 Å². The van der Waals surface area contributed by atoms with E-state index in [1.807, 2.05) is 31.2 Å². The van der Waals surface area contributed by atoms with Gasteiger partial charge in [0.1, 0.15) is 17.2 Å². The molecule has 1 aliphatic carbocycles. The number of likely N-dealkylation sites (tertiary alicyclic amines) is 1. The van der Waals surface area contributed by atoms with Gasteiger partial charge >= 0.3 is 0 Å². The van der Waals surface area contributed by atoms with Crippen molar-refractivity contribution >= 4 is 22.7 Å². The first-order valence-electron chi connectivity index (χ1n) is 10.7.